The second-order valence-corrected chi connectivity index (χ2v) is 17.4. The van der Waals surface area contributed by atoms with E-state index in [1.165, 1.54) is 32.4 Å². The first-order chi connectivity index (χ1) is 23.6. The zero-order valence-electron chi connectivity index (χ0n) is 28.1. The molecule has 268 valence electrons. The smallest absolute Gasteiger partial charge is 0.411 e. The van der Waals surface area contributed by atoms with Crippen LogP contribution in [0.15, 0.2) is 71.6 Å². The van der Waals surface area contributed by atoms with Gasteiger partial charge in [0.25, 0.3) is 20.2 Å². The van der Waals surface area contributed by atoms with E-state index in [4.69, 9.17) is 14.2 Å². The molecule has 15 nitrogen and oxygen atoms in total. The van der Waals surface area contributed by atoms with Gasteiger partial charge in [0.15, 0.2) is 0 Å². The summed E-state index contributed by atoms with van der Waals surface area (Å²) < 4.78 is 78.3. The number of nitrogens with zero attached hydrogens (tertiary/aromatic N) is 6. The van der Waals surface area contributed by atoms with Gasteiger partial charge >= 0.3 is 6.09 Å². The largest absolute Gasteiger partial charge is 0.497 e. The van der Waals surface area contributed by atoms with Crippen molar-refractivity contribution in [2.45, 2.75) is 63.4 Å². The van der Waals surface area contributed by atoms with Crippen molar-refractivity contribution in [3.05, 3.63) is 81.4 Å². The molecule has 0 radical (unpaired) electrons. The molecule has 0 bridgehead atoms. The monoisotopic (exact) mass is 839 g/mol. The summed E-state index contributed by atoms with van der Waals surface area (Å²) in [4.78, 5) is 14.3. The Hall–Kier alpha value is -3.85. The van der Waals surface area contributed by atoms with E-state index in [-0.39, 0.29) is 36.8 Å². The highest BCUT2D eigenvalue weighted by atomic mass is 127. The number of rotatable bonds is 12. The molecule has 1 aromatic heterocycles. The lowest BCUT2D eigenvalue weighted by Crippen LogP contribution is -2.56. The Morgan fingerprint density at radius 2 is 1.52 bits per heavy atom. The molecule has 4 aromatic rings. The molecule has 1 fully saturated rings. The first-order valence-corrected chi connectivity index (χ1v) is 19.4. The van der Waals surface area contributed by atoms with Gasteiger partial charge in [0.05, 0.1) is 19.1 Å². The number of carbonyl (C=O) groups excluding carboxylic acids is 1. The van der Waals surface area contributed by atoms with Gasteiger partial charge in [0.1, 0.15) is 23.3 Å². The number of amides is 1. The van der Waals surface area contributed by atoms with Crippen LogP contribution in [-0.4, -0.2) is 89.0 Å². The van der Waals surface area contributed by atoms with Crippen LogP contribution < -0.4 is 9.47 Å². The third-order valence-corrected chi connectivity index (χ3v) is 13.0. The van der Waals surface area contributed by atoms with E-state index >= 15 is 8.42 Å². The molecule has 0 saturated carbocycles. The van der Waals surface area contributed by atoms with Crippen LogP contribution in [0.3, 0.4) is 0 Å². The van der Waals surface area contributed by atoms with Gasteiger partial charge in [-0.2, -0.15) is 17.9 Å². The minimum atomic E-state index is -4.95. The van der Waals surface area contributed by atoms with Gasteiger partial charge in [-0.05, 0) is 115 Å². The van der Waals surface area contributed by atoms with Crippen LogP contribution in [0.2, 0.25) is 0 Å². The number of aromatic amines is 1. The van der Waals surface area contributed by atoms with Gasteiger partial charge in [-0.3, -0.25) is 4.90 Å². The van der Waals surface area contributed by atoms with E-state index in [1.807, 2.05) is 22.6 Å². The second-order valence-electron chi connectivity index (χ2n) is 12.4. The van der Waals surface area contributed by atoms with Crippen molar-refractivity contribution >= 4 is 48.9 Å². The maximum absolute atomic E-state index is 15.1. The zero-order valence-corrected chi connectivity index (χ0v) is 31.9. The van der Waals surface area contributed by atoms with Gasteiger partial charge in [0.2, 0.25) is 5.82 Å². The van der Waals surface area contributed by atoms with Crippen molar-refractivity contribution < 1.29 is 35.8 Å². The minimum absolute atomic E-state index is 0.0404. The van der Waals surface area contributed by atoms with Gasteiger partial charge in [-0.1, -0.05) is 28.0 Å². The molecule has 2 heterocycles. The van der Waals surface area contributed by atoms with Gasteiger partial charge in [0, 0.05) is 28.8 Å². The van der Waals surface area contributed by atoms with E-state index in [0.717, 1.165) is 9.21 Å². The molecular formula is C32H38IN7O8S2. The molecule has 1 aliphatic heterocycles. The number of hydrogen-bond donors (Lipinski definition) is 1. The fourth-order valence-corrected chi connectivity index (χ4v) is 10.1. The van der Waals surface area contributed by atoms with Crippen molar-refractivity contribution in [3.8, 4) is 22.9 Å². The summed E-state index contributed by atoms with van der Waals surface area (Å²) in [6, 6.07) is 17.7. The number of tetrazole rings is 1. The number of likely N-dealkylation sites (tertiary alicyclic amines) is 1. The Morgan fingerprint density at radius 1 is 0.940 bits per heavy atom. The summed E-state index contributed by atoms with van der Waals surface area (Å²) in [5.41, 5.74) is 0.548. The van der Waals surface area contributed by atoms with Gasteiger partial charge in [-0.15, -0.1) is 10.2 Å². The predicted molar refractivity (Wildman–Crippen MR) is 191 cm³/mol. The number of carbonyl (C=O) groups is 1. The van der Waals surface area contributed by atoms with Crippen LogP contribution in [0.5, 0.6) is 11.5 Å². The molecule has 3 aromatic carbocycles. The summed E-state index contributed by atoms with van der Waals surface area (Å²) in [5.74, 6) is 1.26. The third kappa shape index (κ3) is 8.36. The highest BCUT2D eigenvalue weighted by Crippen LogP contribution is 2.35. The molecule has 1 saturated heterocycles. The highest BCUT2D eigenvalue weighted by molar-refractivity contribution is 14.1. The first kappa shape index (κ1) is 37.4. The first-order valence-electron chi connectivity index (χ1n) is 15.5. The number of nitrogens with one attached hydrogen (secondary N) is 1. The quantitative estimate of drug-likeness (QED) is 0.194. The number of sulfonamides is 1. The van der Waals surface area contributed by atoms with Crippen LogP contribution in [-0.2, 0) is 38.1 Å². The fourth-order valence-electron chi connectivity index (χ4n) is 5.36. The molecule has 18 heteroatoms. The minimum Gasteiger partial charge on any atom is -0.497 e. The number of H-pyrrole nitrogens is 1. The fraction of sp³-hybridized carbons (Fsp3) is 0.375. The van der Waals surface area contributed by atoms with E-state index < -0.39 is 38.1 Å². The average molecular weight is 840 g/mol. The van der Waals surface area contributed by atoms with Crippen LogP contribution in [0.1, 0.15) is 44.7 Å². The molecule has 1 amide bonds. The lowest BCUT2D eigenvalue weighted by atomic mass is 10.2. The van der Waals surface area contributed by atoms with E-state index in [9.17, 15) is 13.2 Å². The van der Waals surface area contributed by atoms with Gasteiger partial charge < -0.3 is 14.2 Å². The molecule has 0 aliphatic carbocycles. The van der Waals surface area contributed by atoms with Crippen molar-refractivity contribution in [2.75, 3.05) is 20.8 Å². The van der Waals surface area contributed by atoms with Crippen molar-refractivity contribution in [3.63, 3.8) is 0 Å². The summed E-state index contributed by atoms with van der Waals surface area (Å²) in [6.45, 7) is 4.71. The number of hydrogen-bond acceptors (Lipinski definition) is 11. The van der Waals surface area contributed by atoms with Crippen molar-refractivity contribution in [2.24, 2.45) is 0 Å². The molecule has 0 spiro atoms. The molecule has 1 N–H and O–H groups in total. The molecular weight excluding hydrogens is 801 g/mol. The molecule has 1 atom stereocenters. The molecule has 1 aliphatic rings. The number of halogens is 1. The maximum atomic E-state index is 15.1. The second kappa shape index (κ2) is 15.2. The van der Waals surface area contributed by atoms with E-state index in [1.54, 1.807) is 69.3 Å². The normalized spacial score (nSPS) is 15.4. The topological polar surface area (TPSA) is 177 Å². The van der Waals surface area contributed by atoms with E-state index in [0.29, 0.717) is 41.9 Å². The van der Waals surface area contributed by atoms with Crippen LogP contribution >= 0.6 is 22.6 Å². The zero-order chi connectivity index (χ0) is 36.3. The number of ether oxygens (including phenoxy) is 3. The Labute approximate surface area is 305 Å². The number of aromatic nitrogens is 4. The molecule has 5 rings (SSSR count). The van der Waals surface area contributed by atoms with Crippen LogP contribution in [0, 0.1) is 3.57 Å². The Kier molecular flexibility index (Phi) is 11.4. The lowest BCUT2D eigenvalue weighted by molar-refractivity contribution is 0.0172. The number of methoxy groups -OCH3 is 2. The lowest BCUT2D eigenvalue weighted by Gasteiger charge is -2.37. The van der Waals surface area contributed by atoms with Crippen molar-refractivity contribution in [1.82, 2.24) is 33.5 Å². The van der Waals surface area contributed by atoms with Crippen molar-refractivity contribution in [1.29, 1.82) is 0 Å². The Bertz CT molecular complexity index is 1960. The van der Waals surface area contributed by atoms with E-state index in [2.05, 4.69) is 20.6 Å². The predicted octanol–water partition coefficient (Wildman–Crippen LogP) is 4.78. The highest BCUT2D eigenvalue weighted by Gasteiger charge is 2.50. The maximum Gasteiger partial charge on any atom is 0.411 e. The summed E-state index contributed by atoms with van der Waals surface area (Å²) in [7, 11) is -6.82. The van der Waals surface area contributed by atoms with Crippen LogP contribution in [0.25, 0.3) is 11.4 Å². The summed E-state index contributed by atoms with van der Waals surface area (Å²) in [5, 5.41) is 13.9. The average Bonchev–Trinajstić information content (AvgIpc) is 3.78. The van der Waals surface area contributed by atoms with Gasteiger partial charge in [-0.25, -0.2) is 13.2 Å². The van der Waals surface area contributed by atoms with Crippen LogP contribution in [0.4, 0.5) is 4.79 Å². The standard InChI is InChI=1S/C32H38IN7O8S2/c1-32(2,3)48-31(41)39-18-6-7-29(39)40(49(42,43)26-16-17-28(33)27(19-26)30-34-36-37-35-30)50(44,45)38(20-22-8-12-24(46-4)13-9-22)21-23-10-14-25(47-5)15-11-23/h8-17,19,29H,6-7,18,20-21H2,1-5H3,(H,34,35,36,37). The SMILES string of the molecule is COc1ccc(CN(Cc2ccc(OC)cc2)S(=O)(=O)N(C2CCCN2C(=O)OC(C)(C)C)S(=O)(=O)c2ccc(I)c(-c3nn[nH]n3)c2)cc1. The third-order valence-electron chi connectivity index (χ3n) is 7.74. The molecule has 50 heavy (non-hydrogen) atoms. The summed E-state index contributed by atoms with van der Waals surface area (Å²) in [6.07, 6.45) is -1.88. The summed E-state index contributed by atoms with van der Waals surface area (Å²) >= 11 is 2.00. The Morgan fingerprint density at radius 3 is 2.02 bits per heavy atom. The Balaban J connectivity index is 1.67. The number of benzene rings is 3. The molecule has 1 unspecified atom stereocenters.